The molecule has 108 valence electrons. The Morgan fingerprint density at radius 2 is 2.00 bits per heavy atom. The van der Waals surface area contributed by atoms with Crippen molar-refractivity contribution < 1.29 is 23.5 Å². The van der Waals surface area contributed by atoms with Crippen LogP contribution in [-0.4, -0.2) is 22.5 Å². The largest absolute Gasteiger partial charge is 0.480 e. The zero-order valence-electron chi connectivity index (χ0n) is 11.1. The number of aliphatic carboxylic acids is 1. The van der Waals surface area contributed by atoms with Crippen molar-refractivity contribution in [2.75, 3.05) is 0 Å². The molecule has 0 heterocycles. The minimum absolute atomic E-state index is 0.165. The van der Waals surface area contributed by atoms with E-state index in [0.717, 1.165) is 6.07 Å². The highest BCUT2D eigenvalue weighted by molar-refractivity contribution is 5.89. The normalized spacial score (nSPS) is 21.4. The minimum atomic E-state index is -1.38. The van der Waals surface area contributed by atoms with Crippen molar-refractivity contribution >= 4 is 11.9 Å². The van der Waals surface area contributed by atoms with Gasteiger partial charge >= 0.3 is 5.97 Å². The van der Waals surface area contributed by atoms with E-state index in [1.54, 1.807) is 0 Å². The summed E-state index contributed by atoms with van der Waals surface area (Å²) in [6, 6.07) is 3.85. The van der Waals surface area contributed by atoms with Gasteiger partial charge in [0.15, 0.2) is 11.6 Å². The fraction of sp³-hybridized carbons (Fsp3) is 0.429. The molecule has 2 N–H and O–H groups in total. The van der Waals surface area contributed by atoms with E-state index in [-0.39, 0.29) is 5.56 Å². The summed E-state index contributed by atoms with van der Waals surface area (Å²) in [5, 5.41) is 11.3. The molecule has 1 aliphatic rings. The van der Waals surface area contributed by atoms with Gasteiger partial charge in [-0.3, -0.25) is 4.79 Å². The topological polar surface area (TPSA) is 66.4 Å². The summed E-state index contributed by atoms with van der Waals surface area (Å²) in [5.41, 5.74) is -1.22. The Morgan fingerprint density at radius 1 is 1.35 bits per heavy atom. The second-order valence-corrected chi connectivity index (χ2v) is 5.51. The predicted octanol–water partition coefficient (Wildman–Crippen LogP) is 2.05. The number of carbonyl (C=O) groups is 2. The Labute approximate surface area is 114 Å². The molecule has 1 aliphatic carbocycles. The van der Waals surface area contributed by atoms with Gasteiger partial charge in [-0.15, -0.1) is 0 Å². The second-order valence-electron chi connectivity index (χ2n) is 5.51. The fourth-order valence-electron chi connectivity index (χ4n) is 2.09. The fourth-order valence-corrected chi connectivity index (χ4v) is 2.09. The summed E-state index contributed by atoms with van der Waals surface area (Å²) in [4.78, 5) is 22.8. The number of hydrogen-bond donors (Lipinski definition) is 2. The molecule has 6 heteroatoms. The Hall–Kier alpha value is -1.98. The molecule has 0 spiro atoms. The van der Waals surface area contributed by atoms with Crippen molar-refractivity contribution in [1.82, 2.24) is 5.32 Å². The molecule has 1 amide bonds. The van der Waals surface area contributed by atoms with E-state index >= 15 is 0 Å². The van der Waals surface area contributed by atoms with Gasteiger partial charge in [0.2, 0.25) is 5.91 Å². The Balaban J connectivity index is 2.07. The van der Waals surface area contributed by atoms with Crippen molar-refractivity contribution in [2.24, 2.45) is 5.92 Å². The molecular formula is C14H15F2NO3. The Kier molecular flexibility index (Phi) is 3.50. The smallest absolute Gasteiger partial charge is 0.328 e. The number of amides is 1. The van der Waals surface area contributed by atoms with Crippen LogP contribution in [0.3, 0.4) is 0 Å². The van der Waals surface area contributed by atoms with Crippen LogP contribution >= 0.6 is 0 Å². The van der Waals surface area contributed by atoms with Gasteiger partial charge in [-0.1, -0.05) is 12.1 Å². The summed E-state index contributed by atoms with van der Waals surface area (Å²) >= 11 is 0. The molecule has 1 aromatic carbocycles. The zero-order chi connectivity index (χ0) is 15.1. The first-order valence-corrected chi connectivity index (χ1v) is 6.23. The van der Waals surface area contributed by atoms with E-state index in [0.29, 0.717) is 6.42 Å². The molecule has 4 nitrogen and oxygen atoms in total. The third-order valence-electron chi connectivity index (χ3n) is 3.48. The second kappa shape index (κ2) is 4.85. The highest BCUT2D eigenvalue weighted by Gasteiger charge is 2.47. The third kappa shape index (κ3) is 2.64. The van der Waals surface area contributed by atoms with Gasteiger partial charge in [-0.25, -0.2) is 13.6 Å². The van der Waals surface area contributed by atoms with Crippen LogP contribution in [0, 0.1) is 17.6 Å². The average molecular weight is 283 g/mol. The summed E-state index contributed by atoms with van der Waals surface area (Å²) < 4.78 is 26.7. The van der Waals surface area contributed by atoms with E-state index in [1.165, 1.54) is 26.0 Å². The molecule has 20 heavy (non-hydrogen) atoms. The lowest BCUT2D eigenvalue weighted by molar-refractivity contribution is -0.146. The minimum Gasteiger partial charge on any atom is -0.480 e. The molecule has 0 aromatic heterocycles. The first-order chi connectivity index (χ1) is 9.24. The summed E-state index contributed by atoms with van der Waals surface area (Å²) in [7, 11) is 0. The number of carbonyl (C=O) groups excluding carboxylic acids is 1. The van der Waals surface area contributed by atoms with E-state index in [4.69, 9.17) is 5.11 Å². The molecular weight excluding hydrogens is 268 g/mol. The molecule has 2 atom stereocenters. The van der Waals surface area contributed by atoms with Crippen molar-refractivity contribution in [1.29, 1.82) is 0 Å². The van der Waals surface area contributed by atoms with Gasteiger partial charge in [0, 0.05) is 5.92 Å². The maximum absolute atomic E-state index is 13.6. The van der Waals surface area contributed by atoms with Crippen LogP contribution in [-0.2, 0) is 9.59 Å². The summed E-state index contributed by atoms with van der Waals surface area (Å²) in [6.45, 7) is 2.74. The molecule has 1 fully saturated rings. The maximum Gasteiger partial charge on any atom is 0.328 e. The van der Waals surface area contributed by atoms with Crippen molar-refractivity contribution in [3.63, 3.8) is 0 Å². The van der Waals surface area contributed by atoms with Crippen LogP contribution in [0.15, 0.2) is 18.2 Å². The number of benzene rings is 1. The van der Waals surface area contributed by atoms with E-state index < -0.39 is 40.9 Å². The van der Waals surface area contributed by atoms with Crippen molar-refractivity contribution in [3.8, 4) is 0 Å². The SMILES string of the molecule is CC(C)(NC(=O)C1CC1c1cccc(F)c1F)C(=O)O. The van der Waals surface area contributed by atoms with E-state index in [1.807, 2.05) is 0 Å². The monoisotopic (exact) mass is 283 g/mol. The maximum atomic E-state index is 13.6. The first-order valence-electron chi connectivity index (χ1n) is 6.23. The zero-order valence-corrected chi connectivity index (χ0v) is 11.1. The quantitative estimate of drug-likeness (QED) is 0.888. The van der Waals surface area contributed by atoms with E-state index in [2.05, 4.69) is 5.32 Å². The number of nitrogens with one attached hydrogen (secondary N) is 1. The Morgan fingerprint density at radius 3 is 2.60 bits per heavy atom. The lowest BCUT2D eigenvalue weighted by Crippen LogP contribution is -2.50. The van der Waals surface area contributed by atoms with Crippen LogP contribution in [0.4, 0.5) is 8.78 Å². The molecule has 0 aliphatic heterocycles. The average Bonchev–Trinajstić information content (AvgIpc) is 3.12. The van der Waals surface area contributed by atoms with Crippen LogP contribution in [0.1, 0.15) is 31.7 Å². The molecule has 0 radical (unpaired) electrons. The highest BCUT2D eigenvalue weighted by Crippen LogP contribution is 2.48. The van der Waals surface area contributed by atoms with Gasteiger partial charge < -0.3 is 10.4 Å². The first kappa shape index (κ1) is 14.4. The number of rotatable bonds is 4. The lowest BCUT2D eigenvalue weighted by atomic mass is 10.0. The number of hydrogen-bond acceptors (Lipinski definition) is 2. The van der Waals surface area contributed by atoms with Gasteiger partial charge in [0.25, 0.3) is 0 Å². The number of carboxylic acids is 1. The molecule has 1 saturated carbocycles. The number of halogens is 2. The van der Waals surface area contributed by atoms with Crippen LogP contribution < -0.4 is 5.32 Å². The summed E-state index contributed by atoms with van der Waals surface area (Å²) in [6.07, 6.45) is 0.391. The van der Waals surface area contributed by atoms with Gasteiger partial charge in [0.1, 0.15) is 5.54 Å². The molecule has 1 aromatic rings. The van der Waals surface area contributed by atoms with Crippen molar-refractivity contribution in [3.05, 3.63) is 35.4 Å². The van der Waals surface area contributed by atoms with Gasteiger partial charge in [-0.2, -0.15) is 0 Å². The third-order valence-corrected chi connectivity index (χ3v) is 3.48. The Bertz CT molecular complexity index is 572. The molecule has 2 rings (SSSR count). The van der Waals surface area contributed by atoms with Gasteiger partial charge in [0.05, 0.1) is 0 Å². The predicted molar refractivity (Wildman–Crippen MR) is 67.1 cm³/mol. The summed E-state index contributed by atoms with van der Waals surface area (Å²) in [5.74, 6) is -4.39. The van der Waals surface area contributed by atoms with Crippen LogP contribution in [0.2, 0.25) is 0 Å². The molecule has 0 saturated heterocycles. The van der Waals surface area contributed by atoms with Crippen LogP contribution in [0.5, 0.6) is 0 Å². The highest BCUT2D eigenvalue weighted by atomic mass is 19.2. The van der Waals surface area contributed by atoms with Crippen LogP contribution in [0.25, 0.3) is 0 Å². The molecule has 0 bridgehead atoms. The van der Waals surface area contributed by atoms with Gasteiger partial charge in [-0.05, 0) is 37.8 Å². The standard InChI is InChI=1S/C14H15F2NO3/c1-14(2,13(19)20)17-12(18)9-6-8(9)7-4-3-5-10(15)11(7)16/h3-5,8-9H,6H2,1-2H3,(H,17,18)(H,19,20). The number of carboxylic acid groups (broad SMARTS) is 1. The molecule has 2 unspecified atom stereocenters. The van der Waals surface area contributed by atoms with Crippen molar-refractivity contribution in [2.45, 2.75) is 31.7 Å². The lowest BCUT2D eigenvalue weighted by Gasteiger charge is -2.21. The van der Waals surface area contributed by atoms with E-state index in [9.17, 15) is 18.4 Å².